The summed E-state index contributed by atoms with van der Waals surface area (Å²) in [5.41, 5.74) is -1.10. The van der Waals surface area contributed by atoms with Crippen LogP contribution in [-0.4, -0.2) is 59.1 Å². The molecule has 0 amide bonds. The van der Waals surface area contributed by atoms with Crippen LogP contribution in [0.25, 0.3) is 0 Å². The van der Waals surface area contributed by atoms with Gasteiger partial charge in [-0.2, -0.15) is 0 Å². The van der Waals surface area contributed by atoms with Gasteiger partial charge in [-0.1, -0.05) is 0 Å². The third kappa shape index (κ3) is 0.915. The van der Waals surface area contributed by atoms with Crippen LogP contribution in [0.1, 0.15) is 0 Å². The summed E-state index contributed by atoms with van der Waals surface area (Å²) in [4.78, 5) is 0. The molecule has 2 bridgehead atoms. The second kappa shape index (κ2) is 2.65. The van der Waals surface area contributed by atoms with Crippen molar-refractivity contribution >= 4 is 0 Å². The number of rotatable bonds is 1. The molecule has 3 heterocycles. The number of ether oxygens (including phenoxy) is 2. The fraction of sp³-hybridized carbons (Fsp3) is 1.00. The average Bonchev–Trinajstić information content (AvgIpc) is 2.14. The molecule has 0 radical (unpaired) electrons. The Hall–Kier alpha value is -0.200. The molecule has 0 aliphatic carbocycles. The predicted octanol–water partition coefficient (Wildman–Crippen LogP) is -2.13. The molecule has 12 heavy (non-hydrogen) atoms. The molecule has 5 nitrogen and oxygen atoms in total. The molecule has 3 fully saturated rings. The molecule has 0 aromatic heterocycles. The Morgan fingerprint density at radius 1 is 1.42 bits per heavy atom. The summed E-state index contributed by atoms with van der Waals surface area (Å²) in [6.07, 6.45) is -2.44. The molecule has 3 saturated heterocycles. The van der Waals surface area contributed by atoms with Gasteiger partial charge >= 0.3 is 0 Å². The average molecular weight is 176 g/mol. The normalized spacial score (nSPS) is 52.8. The Morgan fingerprint density at radius 3 is 2.58 bits per heavy atom. The molecule has 0 aromatic rings. The Morgan fingerprint density at radius 2 is 2.17 bits per heavy atom. The molecule has 3 aliphatic heterocycles. The molecule has 70 valence electrons. The van der Waals surface area contributed by atoms with E-state index in [-0.39, 0.29) is 19.8 Å². The maximum atomic E-state index is 9.50. The van der Waals surface area contributed by atoms with Crippen molar-refractivity contribution in [3.8, 4) is 0 Å². The van der Waals surface area contributed by atoms with Crippen molar-refractivity contribution in [3.05, 3.63) is 0 Å². The first kappa shape index (κ1) is 8.40. The molecular weight excluding hydrogens is 164 g/mol. The molecule has 4 unspecified atom stereocenters. The van der Waals surface area contributed by atoms with Crippen LogP contribution in [0.3, 0.4) is 0 Å². The van der Waals surface area contributed by atoms with Crippen molar-refractivity contribution in [2.45, 2.75) is 23.9 Å². The van der Waals surface area contributed by atoms with Crippen molar-refractivity contribution < 1.29 is 24.8 Å². The minimum Gasteiger partial charge on any atom is -0.393 e. The Balaban J connectivity index is 2.22. The summed E-state index contributed by atoms with van der Waals surface area (Å²) >= 11 is 0. The van der Waals surface area contributed by atoms with Gasteiger partial charge in [0.05, 0.1) is 19.8 Å². The highest BCUT2D eigenvalue weighted by atomic mass is 16.6. The summed E-state index contributed by atoms with van der Waals surface area (Å²) in [6, 6.07) is 0. The highest BCUT2D eigenvalue weighted by molar-refractivity contribution is 5.02. The minimum atomic E-state index is -1.10. The first-order valence-electron chi connectivity index (χ1n) is 3.92. The van der Waals surface area contributed by atoms with E-state index in [1.54, 1.807) is 0 Å². The first-order valence-corrected chi connectivity index (χ1v) is 3.92. The Kier molecular flexibility index (Phi) is 1.85. The Bertz CT molecular complexity index is 175. The van der Waals surface area contributed by atoms with Crippen molar-refractivity contribution in [1.82, 2.24) is 0 Å². The molecule has 4 atom stereocenters. The van der Waals surface area contributed by atoms with Crippen molar-refractivity contribution in [2.75, 3.05) is 19.8 Å². The van der Waals surface area contributed by atoms with Crippen molar-refractivity contribution in [3.63, 3.8) is 0 Å². The van der Waals surface area contributed by atoms with Crippen molar-refractivity contribution in [1.29, 1.82) is 0 Å². The largest absolute Gasteiger partial charge is 0.393 e. The molecule has 3 aliphatic rings. The number of aliphatic hydroxyl groups is 3. The number of aliphatic hydroxyl groups excluding tert-OH is 3. The first-order chi connectivity index (χ1) is 5.69. The van der Waals surface area contributed by atoms with E-state index in [2.05, 4.69) is 0 Å². The lowest BCUT2D eigenvalue weighted by Crippen LogP contribution is -2.70. The zero-order valence-electron chi connectivity index (χ0n) is 6.51. The SMILES string of the molecule is OCC12COC(CO1)C(O)C2O. The van der Waals surface area contributed by atoms with Crippen LogP contribution in [0.4, 0.5) is 0 Å². The van der Waals surface area contributed by atoms with Gasteiger partial charge in [-0.25, -0.2) is 0 Å². The van der Waals surface area contributed by atoms with Gasteiger partial charge in [0.1, 0.15) is 23.9 Å². The highest BCUT2D eigenvalue weighted by Gasteiger charge is 2.54. The molecule has 5 heteroatoms. The van der Waals surface area contributed by atoms with Gasteiger partial charge in [-0.05, 0) is 0 Å². The van der Waals surface area contributed by atoms with Gasteiger partial charge in [0, 0.05) is 0 Å². The molecule has 0 saturated carbocycles. The zero-order valence-corrected chi connectivity index (χ0v) is 6.51. The maximum absolute atomic E-state index is 9.50. The number of fused-ring (bicyclic) bond motifs is 3. The van der Waals surface area contributed by atoms with Crippen LogP contribution >= 0.6 is 0 Å². The highest BCUT2D eigenvalue weighted by Crippen LogP contribution is 2.33. The predicted molar refractivity (Wildman–Crippen MR) is 37.5 cm³/mol. The fourth-order valence-electron chi connectivity index (χ4n) is 1.65. The van der Waals surface area contributed by atoms with E-state index in [1.165, 1.54) is 0 Å². The standard InChI is InChI=1S/C7H12O5/c8-2-7-3-11-4(1-12-7)5(9)6(7)10/h4-6,8-10H,1-3H2. The van der Waals surface area contributed by atoms with Crippen LogP contribution < -0.4 is 0 Å². The van der Waals surface area contributed by atoms with E-state index in [1.807, 2.05) is 0 Å². The van der Waals surface area contributed by atoms with E-state index in [0.29, 0.717) is 0 Å². The summed E-state index contributed by atoms with van der Waals surface area (Å²) in [5.74, 6) is 0. The van der Waals surface area contributed by atoms with Gasteiger partial charge in [0.2, 0.25) is 0 Å². The van der Waals surface area contributed by atoms with E-state index in [9.17, 15) is 10.2 Å². The fourth-order valence-corrected chi connectivity index (χ4v) is 1.65. The van der Waals surface area contributed by atoms with Gasteiger partial charge in [-0.15, -0.1) is 0 Å². The van der Waals surface area contributed by atoms with Gasteiger partial charge in [-0.3, -0.25) is 0 Å². The van der Waals surface area contributed by atoms with E-state index in [4.69, 9.17) is 14.6 Å². The van der Waals surface area contributed by atoms with E-state index in [0.717, 1.165) is 0 Å². The second-order valence-electron chi connectivity index (χ2n) is 3.32. The maximum Gasteiger partial charge on any atom is 0.143 e. The van der Waals surface area contributed by atoms with Crippen LogP contribution in [0.15, 0.2) is 0 Å². The van der Waals surface area contributed by atoms with E-state index < -0.39 is 23.9 Å². The van der Waals surface area contributed by atoms with Gasteiger partial charge < -0.3 is 24.8 Å². The molecule has 3 N–H and O–H groups in total. The zero-order chi connectivity index (χ0) is 8.77. The van der Waals surface area contributed by atoms with Crippen LogP contribution in [-0.2, 0) is 9.47 Å². The van der Waals surface area contributed by atoms with Crippen molar-refractivity contribution in [2.24, 2.45) is 0 Å². The Labute approximate surface area is 69.5 Å². The smallest absolute Gasteiger partial charge is 0.143 e. The lowest BCUT2D eigenvalue weighted by molar-refractivity contribution is -0.321. The minimum absolute atomic E-state index is 0.145. The molecule has 0 aromatic carbocycles. The third-order valence-corrected chi connectivity index (χ3v) is 2.59. The quantitative estimate of drug-likeness (QED) is 0.425. The second-order valence-corrected chi connectivity index (χ2v) is 3.32. The van der Waals surface area contributed by atoms with Crippen LogP contribution in [0.5, 0.6) is 0 Å². The summed E-state index contributed by atoms with van der Waals surface area (Å²) in [6.45, 7) is 0.0448. The van der Waals surface area contributed by atoms with E-state index >= 15 is 0 Å². The number of hydrogen-bond acceptors (Lipinski definition) is 5. The monoisotopic (exact) mass is 176 g/mol. The molecule has 3 rings (SSSR count). The summed E-state index contributed by atoms with van der Waals surface area (Å²) < 4.78 is 10.4. The topological polar surface area (TPSA) is 79.2 Å². The van der Waals surface area contributed by atoms with Crippen LogP contribution in [0.2, 0.25) is 0 Å². The van der Waals surface area contributed by atoms with Crippen LogP contribution in [0, 0.1) is 0 Å². The molecule has 0 spiro atoms. The van der Waals surface area contributed by atoms with Gasteiger partial charge in [0.25, 0.3) is 0 Å². The summed E-state index contributed by atoms with van der Waals surface area (Å²) in [5, 5.41) is 27.9. The summed E-state index contributed by atoms with van der Waals surface area (Å²) in [7, 11) is 0. The molecular formula is C7H12O5. The number of hydrogen-bond donors (Lipinski definition) is 3. The lowest BCUT2D eigenvalue weighted by Gasteiger charge is -2.50. The van der Waals surface area contributed by atoms with Gasteiger partial charge in [0.15, 0.2) is 0 Å². The third-order valence-electron chi connectivity index (χ3n) is 2.59. The lowest BCUT2D eigenvalue weighted by atomic mass is 9.86.